The number of carbonyl (C=O) groups excluding carboxylic acids is 1. The van der Waals surface area contributed by atoms with Crippen LogP contribution in [0.1, 0.15) is 5.69 Å². The number of hydrogen-bond donors (Lipinski definition) is 1. The maximum Gasteiger partial charge on any atom is 0.232 e. The number of nitrogens with zero attached hydrogens (tertiary/aromatic N) is 2. The molecule has 0 aliphatic rings. The fraction of sp³-hybridized carbons (Fsp3) is 0.136. The van der Waals surface area contributed by atoms with E-state index in [0.29, 0.717) is 22.3 Å². The second-order valence-electron chi connectivity index (χ2n) is 6.34. The summed E-state index contributed by atoms with van der Waals surface area (Å²) in [7, 11) is 3.20. The van der Waals surface area contributed by atoms with Crippen LogP contribution in [0.4, 0.5) is 5.13 Å². The van der Waals surface area contributed by atoms with Crippen molar-refractivity contribution in [2.45, 2.75) is 6.42 Å². The molecule has 8 heteroatoms. The molecule has 1 N–H and O–H groups in total. The van der Waals surface area contributed by atoms with Crippen molar-refractivity contribution in [3.05, 3.63) is 65.0 Å². The number of hydrogen-bond acceptors (Lipinski definition) is 7. The summed E-state index contributed by atoms with van der Waals surface area (Å²) in [6.45, 7) is 0. The van der Waals surface area contributed by atoms with Crippen molar-refractivity contribution in [2.24, 2.45) is 0 Å². The maximum atomic E-state index is 12.4. The van der Waals surface area contributed by atoms with E-state index in [4.69, 9.17) is 9.47 Å². The molecular formula is C22H19N3O3S2. The van der Waals surface area contributed by atoms with Crippen LogP contribution in [0.5, 0.6) is 11.5 Å². The highest BCUT2D eigenvalue weighted by molar-refractivity contribution is 7.14. The lowest BCUT2D eigenvalue weighted by atomic mass is 10.2. The third kappa shape index (κ3) is 4.50. The molecule has 2 aromatic heterocycles. The predicted molar refractivity (Wildman–Crippen MR) is 121 cm³/mol. The van der Waals surface area contributed by atoms with Gasteiger partial charge in [-0.15, -0.1) is 22.7 Å². The average molecular weight is 438 g/mol. The third-order valence-electron chi connectivity index (χ3n) is 4.34. The number of thiazole rings is 2. The van der Waals surface area contributed by atoms with Crippen molar-refractivity contribution in [1.29, 1.82) is 0 Å². The number of amides is 1. The summed E-state index contributed by atoms with van der Waals surface area (Å²) in [5.41, 5.74) is 3.49. The highest BCUT2D eigenvalue weighted by Crippen LogP contribution is 2.33. The van der Waals surface area contributed by atoms with Crippen LogP contribution >= 0.6 is 22.7 Å². The Kier molecular flexibility index (Phi) is 6.06. The number of carbonyl (C=O) groups is 1. The smallest absolute Gasteiger partial charge is 0.232 e. The Hall–Kier alpha value is -3.23. The monoisotopic (exact) mass is 437 g/mol. The first-order valence-corrected chi connectivity index (χ1v) is 10.9. The minimum atomic E-state index is -0.145. The number of rotatable bonds is 7. The van der Waals surface area contributed by atoms with E-state index >= 15 is 0 Å². The lowest BCUT2D eigenvalue weighted by Gasteiger charge is -2.08. The van der Waals surface area contributed by atoms with Gasteiger partial charge >= 0.3 is 0 Å². The maximum absolute atomic E-state index is 12.4. The molecule has 6 nitrogen and oxygen atoms in total. The number of anilines is 1. The van der Waals surface area contributed by atoms with Gasteiger partial charge < -0.3 is 14.8 Å². The number of nitrogens with one attached hydrogen (secondary N) is 1. The molecule has 152 valence electrons. The number of aromatic nitrogens is 2. The van der Waals surface area contributed by atoms with Crippen molar-refractivity contribution in [2.75, 3.05) is 19.5 Å². The summed E-state index contributed by atoms with van der Waals surface area (Å²) in [5, 5.41) is 8.08. The molecule has 0 unspecified atom stereocenters. The summed E-state index contributed by atoms with van der Waals surface area (Å²) in [5.74, 6) is 1.16. The van der Waals surface area contributed by atoms with Gasteiger partial charge in [0.2, 0.25) is 5.91 Å². The van der Waals surface area contributed by atoms with Crippen LogP contribution in [-0.2, 0) is 11.2 Å². The van der Waals surface area contributed by atoms with Gasteiger partial charge in [-0.3, -0.25) is 4.79 Å². The molecule has 1 amide bonds. The molecule has 4 aromatic rings. The van der Waals surface area contributed by atoms with Crippen LogP contribution in [0.2, 0.25) is 0 Å². The molecule has 0 fully saturated rings. The van der Waals surface area contributed by atoms with Crippen LogP contribution in [0.3, 0.4) is 0 Å². The van der Waals surface area contributed by atoms with Gasteiger partial charge in [0, 0.05) is 21.9 Å². The van der Waals surface area contributed by atoms with Gasteiger partial charge in [0.25, 0.3) is 0 Å². The molecule has 0 aliphatic carbocycles. The Balaban J connectivity index is 1.42. The minimum Gasteiger partial charge on any atom is -0.493 e. The van der Waals surface area contributed by atoms with Gasteiger partial charge in [-0.2, -0.15) is 0 Å². The minimum absolute atomic E-state index is 0.145. The number of benzene rings is 2. The fourth-order valence-corrected chi connectivity index (χ4v) is 4.44. The average Bonchev–Trinajstić information content (AvgIpc) is 3.43. The molecular weight excluding hydrogens is 418 g/mol. The summed E-state index contributed by atoms with van der Waals surface area (Å²) >= 11 is 2.89. The molecule has 30 heavy (non-hydrogen) atoms. The molecule has 0 saturated heterocycles. The van der Waals surface area contributed by atoms with E-state index in [1.54, 1.807) is 14.2 Å². The first kappa shape index (κ1) is 20.1. The highest BCUT2D eigenvalue weighted by Gasteiger charge is 2.13. The van der Waals surface area contributed by atoms with Crippen molar-refractivity contribution in [3.63, 3.8) is 0 Å². The molecule has 2 heterocycles. The van der Waals surface area contributed by atoms with Crippen LogP contribution < -0.4 is 14.8 Å². The second kappa shape index (κ2) is 9.06. The van der Waals surface area contributed by atoms with Gasteiger partial charge in [-0.05, 0) is 18.2 Å². The Morgan fingerprint density at radius 1 is 0.933 bits per heavy atom. The summed E-state index contributed by atoms with van der Waals surface area (Å²) in [6.07, 6.45) is 0.185. The highest BCUT2D eigenvalue weighted by atomic mass is 32.1. The Morgan fingerprint density at radius 2 is 1.73 bits per heavy atom. The van der Waals surface area contributed by atoms with E-state index in [1.807, 2.05) is 59.3 Å². The molecule has 0 radical (unpaired) electrons. The summed E-state index contributed by atoms with van der Waals surface area (Å²) < 4.78 is 10.6. The normalized spacial score (nSPS) is 10.6. The molecule has 4 rings (SSSR count). The first-order chi connectivity index (χ1) is 14.7. The molecule has 0 atom stereocenters. The standard InChI is InChI=1S/C22H19N3O3S2/c1-27-18-9-8-15(10-19(18)28-2)21-23-16(12-29-21)11-20(26)25-22-24-17(13-30-22)14-6-4-3-5-7-14/h3-10,12-13H,11H2,1-2H3,(H,24,25,26). The van der Waals surface area contributed by atoms with Crippen LogP contribution in [0, 0.1) is 0 Å². The van der Waals surface area contributed by atoms with Crippen molar-refractivity contribution < 1.29 is 14.3 Å². The molecule has 0 spiro atoms. The van der Waals surface area contributed by atoms with E-state index in [2.05, 4.69) is 15.3 Å². The number of ether oxygens (including phenoxy) is 2. The van der Waals surface area contributed by atoms with Gasteiger partial charge in [0.15, 0.2) is 16.6 Å². The molecule has 0 bridgehead atoms. The second-order valence-corrected chi connectivity index (χ2v) is 8.06. The van der Waals surface area contributed by atoms with E-state index in [0.717, 1.165) is 21.8 Å². The predicted octanol–water partition coefficient (Wildman–Crippen LogP) is 5.13. The zero-order valence-electron chi connectivity index (χ0n) is 16.4. The van der Waals surface area contributed by atoms with Crippen molar-refractivity contribution >= 4 is 33.7 Å². The quantitative estimate of drug-likeness (QED) is 0.434. The van der Waals surface area contributed by atoms with Crippen molar-refractivity contribution in [3.8, 4) is 33.3 Å². The van der Waals surface area contributed by atoms with Crippen LogP contribution in [-0.4, -0.2) is 30.1 Å². The molecule has 0 saturated carbocycles. The summed E-state index contributed by atoms with van der Waals surface area (Å²) in [6, 6.07) is 15.5. The van der Waals surface area contributed by atoms with Crippen LogP contribution in [0.25, 0.3) is 21.8 Å². The van der Waals surface area contributed by atoms with Crippen molar-refractivity contribution in [1.82, 2.24) is 9.97 Å². The zero-order valence-corrected chi connectivity index (χ0v) is 18.0. The van der Waals surface area contributed by atoms with E-state index < -0.39 is 0 Å². The Morgan fingerprint density at radius 3 is 2.50 bits per heavy atom. The van der Waals surface area contributed by atoms with E-state index in [9.17, 15) is 4.79 Å². The Labute approximate surface area is 182 Å². The number of methoxy groups -OCH3 is 2. The lowest BCUT2D eigenvalue weighted by Crippen LogP contribution is -2.14. The van der Waals surface area contributed by atoms with Gasteiger partial charge in [-0.25, -0.2) is 9.97 Å². The lowest BCUT2D eigenvalue weighted by molar-refractivity contribution is -0.115. The summed E-state index contributed by atoms with van der Waals surface area (Å²) in [4.78, 5) is 21.5. The molecule has 0 aliphatic heterocycles. The topological polar surface area (TPSA) is 73.3 Å². The zero-order chi connectivity index (χ0) is 20.9. The van der Waals surface area contributed by atoms with Gasteiger partial charge in [0.05, 0.1) is 32.0 Å². The largest absolute Gasteiger partial charge is 0.493 e. The van der Waals surface area contributed by atoms with Gasteiger partial charge in [-0.1, -0.05) is 30.3 Å². The van der Waals surface area contributed by atoms with Crippen LogP contribution in [0.15, 0.2) is 59.3 Å². The SMILES string of the molecule is COc1ccc(-c2nc(CC(=O)Nc3nc(-c4ccccc4)cs3)cs2)cc1OC. The fourth-order valence-electron chi connectivity index (χ4n) is 2.89. The van der Waals surface area contributed by atoms with E-state index in [-0.39, 0.29) is 12.3 Å². The van der Waals surface area contributed by atoms with Gasteiger partial charge in [0.1, 0.15) is 5.01 Å². The molecule has 2 aromatic carbocycles. The van der Waals surface area contributed by atoms with E-state index in [1.165, 1.54) is 22.7 Å². The third-order valence-corrected chi connectivity index (χ3v) is 6.04. The first-order valence-electron chi connectivity index (χ1n) is 9.14. The Bertz CT molecular complexity index is 1160.